The summed E-state index contributed by atoms with van der Waals surface area (Å²) in [4.78, 5) is 12.1. The summed E-state index contributed by atoms with van der Waals surface area (Å²) < 4.78 is 0.770. The lowest BCUT2D eigenvalue weighted by Gasteiger charge is -2.29. The summed E-state index contributed by atoms with van der Waals surface area (Å²) in [6.07, 6.45) is 4.78. The van der Waals surface area contributed by atoms with Gasteiger partial charge in [-0.1, -0.05) is 19.8 Å². The Hall–Kier alpha value is -1.03. The maximum absolute atomic E-state index is 12.1. The summed E-state index contributed by atoms with van der Waals surface area (Å²) in [5.74, 6) is 0.564. The molecule has 1 aromatic carbocycles. The van der Waals surface area contributed by atoms with Crippen LogP contribution in [0, 0.1) is 5.92 Å². The Morgan fingerprint density at radius 2 is 2.11 bits per heavy atom. The summed E-state index contributed by atoms with van der Waals surface area (Å²) in [6.45, 7) is 2.21. The highest BCUT2D eigenvalue weighted by Crippen LogP contribution is 2.25. The summed E-state index contributed by atoms with van der Waals surface area (Å²) in [5.41, 5.74) is 7.03. The highest BCUT2D eigenvalue weighted by atomic mass is 79.9. The van der Waals surface area contributed by atoms with E-state index in [4.69, 9.17) is 5.73 Å². The molecule has 18 heavy (non-hydrogen) atoms. The van der Waals surface area contributed by atoms with Gasteiger partial charge in [0, 0.05) is 21.8 Å². The molecule has 1 aromatic rings. The van der Waals surface area contributed by atoms with Crippen LogP contribution in [0.15, 0.2) is 22.7 Å². The van der Waals surface area contributed by atoms with Crippen molar-refractivity contribution in [1.29, 1.82) is 0 Å². The molecular weight excluding hydrogens is 292 g/mol. The van der Waals surface area contributed by atoms with Gasteiger partial charge in [0.15, 0.2) is 0 Å². The van der Waals surface area contributed by atoms with E-state index >= 15 is 0 Å². The number of anilines is 1. The van der Waals surface area contributed by atoms with E-state index in [9.17, 15) is 4.79 Å². The van der Waals surface area contributed by atoms with Gasteiger partial charge in [-0.15, -0.1) is 0 Å². The molecule has 1 saturated carbocycles. The maximum atomic E-state index is 12.1. The van der Waals surface area contributed by atoms with Gasteiger partial charge >= 0.3 is 0 Å². The molecule has 1 aliphatic carbocycles. The normalized spacial score (nSPS) is 23.7. The number of nitrogens with one attached hydrogen (secondary N) is 1. The monoisotopic (exact) mass is 310 g/mol. The first-order valence-electron chi connectivity index (χ1n) is 6.44. The Bertz CT molecular complexity index is 447. The molecule has 3 nitrogen and oxygen atoms in total. The second kappa shape index (κ2) is 5.74. The number of amides is 1. The second-order valence-corrected chi connectivity index (χ2v) is 5.93. The fraction of sp³-hybridized carbons (Fsp3) is 0.500. The first kappa shape index (κ1) is 13.4. The Morgan fingerprint density at radius 1 is 1.39 bits per heavy atom. The van der Waals surface area contributed by atoms with E-state index in [0.29, 0.717) is 23.2 Å². The van der Waals surface area contributed by atoms with Crippen molar-refractivity contribution in [3.05, 3.63) is 28.2 Å². The zero-order valence-corrected chi connectivity index (χ0v) is 12.2. The number of hydrogen-bond donors (Lipinski definition) is 2. The minimum absolute atomic E-state index is 0.00514. The Labute approximate surface area is 116 Å². The number of rotatable bonds is 2. The van der Waals surface area contributed by atoms with E-state index in [1.54, 1.807) is 18.2 Å². The molecule has 0 spiro atoms. The molecular formula is C14H19BrN2O. The van der Waals surface area contributed by atoms with Gasteiger partial charge in [-0.2, -0.15) is 0 Å². The summed E-state index contributed by atoms with van der Waals surface area (Å²) in [7, 11) is 0. The third-order valence-electron chi connectivity index (χ3n) is 3.69. The molecule has 98 valence electrons. The smallest absolute Gasteiger partial charge is 0.251 e. The molecule has 1 fully saturated rings. The third-order valence-corrected chi connectivity index (χ3v) is 4.38. The molecule has 3 N–H and O–H groups in total. The Balaban J connectivity index is 2.04. The number of hydrogen-bond acceptors (Lipinski definition) is 2. The largest absolute Gasteiger partial charge is 0.398 e. The zero-order chi connectivity index (χ0) is 13.1. The topological polar surface area (TPSA) is 55.1 Å². The SMILES string of the molecule is CC1CCCCC1NC(=O)c1ccc(N)c(Br)c1. The highest BCUT2D eigenvalue weighted by Gasteiger charge is 2.23. The van der Waals surface area contributed by atoms with Gasteiger partial charge < -0.3 is 11.1 Å². The molecule has 0 aromatic heterocycles. The molecule has 2 unspecified atom stereocenters. The van der Waals surface area contributed by atoms with Crippen molar-refractivity contribution in [2.45, 2.75) is 38.6 Å². The fourth-order valence-electron chi connectivity index (χ4n) is 2.45. The molecule has 4 heteroatoms. The van der Waals surface area contributed by atoms with Crippen molar-refractivity contribution >= 4 is 27.5 Å². The molecule has 0 saturated heterocycles. The lowest BCUT2D eigenvalue weighted by Crippen LogP contribution is -2.41. The average molecular weight is 311 g/mol. The summed E-state index contributed by atoms with van der Waals surface area (Å²) >= 11 is 3.35. The highest BCUT2D eigenvalue weighted by molar-refractivity contribution is 9.10. The lowest BCUT2D eigenvalue weighted by molar-refractivity contribution is 0.0910. The predicted octanol–water partition coefficient (Wildman–Crippen LogP) is 3.34. The molecule has 0 bridgehead atoms. The van der Waals surface area contributed by atoms with E-state index < -0.39 is 0 Å². The minimum atomic E-state index is -0.00514. The fourth-order valence-corrected chi connectivity index (χ4v) is 2.83. The van der Waals surface area contributed by atoms with Gasteiger partial charge in [-0.05, 0) is 52.9 Å². The van der Waals surface area contributed by atoms with Gasteiger partial charge in [-0.25, -0.2) is 0 Å². The quantitative estimate of drug-likeness (QED) is 0.823. The van der Waals surface area contributed by atoms with Crippen LogP contribution in [-0.4, -0.2) is 11.9 Å². The van der Waals surface area contributed by atoms with E-state index in [2.05, 4.69) is 28.2 Å². The van der Waals surface area contributed by atoms with Crippen molar-refractivity contribution in [3.63, 3.8) is 0 Å². The minimum Gasteiger partial charge on any atom is -0.398 e. The summed E-state index contributed by atoms with van der Waals surface area (Å²) in [6, 6.07) is 5.60. The molecule has 0 aliphatic heterocycles. The third kappa shape index (κ3) is 3.05. The molecule has 1 amide bonds. The van der Waals surface area contributed by atoms with Gasteiger partial charge in [0.1, 0.15) is 0 Å². The first-order chi connectivity index (χ1) is 8.58. The van der Waals surface area contributed by atoms with Crippen molar-refractivity contribution < 1.29 is 4.79 Å². The summed E-state index contributed by atoms with van der Waals surface area (Å²) in [5, 5.41) is 3.13. The van der Waals surface area contributed by atoms with Crippen LogP contribution in [0.4, 0.5) is 5.69 Å². The van der Waals surface area contributed by atoms with E-state index in [1.807, 2.05) is 0 Å². The van der Waals surface area contributed by atoms with Crippen LogP contribution >= 0.6 is 15.9 Å². The second-order valence-electron chi connectivity index (χ2n) is 5.08. The van der Waals surface area contributed by atoms with Crippen molar-refractivity contribution in [3.8, 4) is 0 Å². The van der Waals surface area contributed by atoms with Gasteiger partial charge in [0.05, 0.1) is 0 Å². The van der Waals surface area contributed by atoms with E-state index in [0.717, 1.165) is 10.9 Å². The van der Waals surface area contributed by atoms with Gasteiger partial charge in [0.2, 0.25) is 0 Å². The number of nitrogens with two attached hydrogens (primary N) is 1. The van der Waals surface area contributed by atoms with Crippen LogP contribution in [0.5, 0.6) is 0 Å². The lowest BCUT2D eigenvalue weighted by atomic mass is 9.86. The van der Waals surface area contributed by atoms with Crippen LogP contribution < -0.4 is 11.1 Å². The van der Waals surface area contributed by atoms with Crippen LogP contribution in [0.3, 0.4) is 0 Å². The molecule has 2 atom stereocenters. The van der Waals surface area contributed by atoms with Crippen LogP contribution in [0.25, 0.3) is 0 Å². The van der Waals surface area contributed by atoms with Crippen LogP contribution in [0.2, 0.25) is 0 Å². The Morgan fingerprint density at radius 3 is 2.78 bits per heavy atom. The van der Waals surface area contributed by atoms with Gasteiger partial charge in [-0.3, -0.25) is 4.79 Å². The molecule has 1 aliphatic rings. The first-order valence-corrected chi connectivity index (χ1v) is 7.23. The number of carbonyl (C=O) groups excluding carboxylic acids is 1. The van der Waals surface area contributed by atoms with Crippen molar-refractivity contribution in [2.75, 3.05) is 5.73 Å². The molecule has 0 heterocycles. The number of carbonyl (C=O) groups is 1. The van der Waals surface area contributed by atoms with Crippen molar-refractivity contribution in [2.24, 2.45) is 5.92 Å². The van der Waals surface area contributed by atoms with E-state index in [-0.39, 0.29) is 5.91 Å². The number of halogens is 1. The van der Waals surface area contributed by atoms with Crippen molar-refractivity contribution in [1.82, 2.24) is 5.32 Å². The maximum Gasteiger partial charge on any atom is 0.251 e. The zero-order valence-electron chi connectivity index (χ0n) is 10.6. The molecule has 2 rings (SSSR count). The standard InChI is InChI=1S/C14H19BrN2O/c1-9-4-2-3-5-13(9)17-14(18)10-6-7-12(16)11(15)8-10/h6-9,13H,2-5,16H2,1H3,(H,17,18). The van der Waals surface area contributed by atoms with Gasteiger partial charge in [0.25, 0.3) is 5.91 Å². The molecule has 0 radical (unpaired) electrons. The van der Waals surface area contributed by atoms with Crippen LogP contribution in [0.1, 0.15) is 43.0 Å². The van der Waals surface area contributed by atoms with E-state index in [1.165, 1.54) is 19.3 Å². The number of benzene rings is 1. The number of nitrogen functional groups attached to an aromatic ring is 1. The Kier molecular flexibility index (Phi) is 4.27. The van der Waals surface area contributed by atoms with Crippen LogP contribution in [-0.2, 0) is 0 Å². The predicted molar refractivity (Wildman–Crippen MR) is 77.4 cm³/mol. The average Bonchev–Trinajstić information content (AvgIpc) is 2.35.